The van der Waals surface area contributed by atoms with Crippen LogP contribution in [0.15, 0.2) is 77.3 Å². The summed E-state index contributed by atoms with van der Waals surface area (Å²) in [5.41, 5.74) is 6.98. The fourth-order valence-electron chi connectivity index (χ4n) is 3.10. The number of carbonyl (C=O) groups is 2. The molecule has 1 heterocycles. The Bertz CT molecular complexity index is 990. The number of fused-ring (bicyclic) bond motifs is 2. The molecule has 3 aromatic rings. The van der Waals surface area contributed by atoms with E-state index in [9.17, 15) is 9.59 Å². The monoisotopic (exact) mass is 422 g/mol. The number of hydrogen-bond acceptors (Lipinski definition) is 3. The zero-order valence-corrected chi connectivity index (χ0v) is 15.7. The van der Waals surface area contributed by atoms with Gasteiger partial charge >= 0.3 is 0 Å². The Morgan fingerprint density at radius 3 is 1.96 bits per heavy atom. The van der Waals surface area contributed by atoms with Crippen LogP contribution in [-0.2, 0) is 4.79 Å². The van der Waals surface area contributed by atoms with Crippen molar-refractivity contribution in [1.29, 1.82) is 0 Å². The number of halogens is 1. The van der Waals surface area contributed by atoms with E-state index >= 15 is 0 Å². The molecule has 3 aromatic carbocycles. The minimum atomic E-state index is -0.578. The van der Waals surface area contributed by atoms with Crippen molar-refractivity contribution in [3.8, 4) is 11.5 Å². The predicted octanol–water partition coefficient (Wildman–Crippen LogP) is 4.15. The largest absolute Gasteiger partial charge is 0.457 e. The third-order valence-corrected chi connectivity index (χ3v) is 5.05. The van der Waals surface area contributed by atoms with E-state index < -0.39 is 11.8 Å². The van der Waals surface area contributed by atoms with E-state index in [0.29, 0.717) is 21.5 Å². The number of rotatable bonds is 2. The molecule has 0 saturated heterocycles. The van der Waals surface area contributed by atoms with Crippen molar-refractivity contribution in [1.82, 2.24) is 10.9 Å². The standard InChI is InChI=1S/C21H15BrN2O3/c22-16-10-4-1-7-13(16)20(25)23-24-21(26)19-14-8-2-5-11-17(14)27-18-12-6-3-9-15(18)19/h1-12,19H,(H,23,25)(H,24,26). The Morgan fingerprint density at radius 1 is 0.778 bits per heavy atom. The van der Waals surface area contributed by atoms with Crippen molar-refractivity contribution in [2.75, 3.05) is 0 Å². The van der Waals surface area contributed by atoms with E-state index in [0.717, 1.165) is 11.1 Å². The third kappa shape index (κ3) is 3.31. The second-order valence-corrected chi connectivity index (χ2v) is 6.89. The van der Waals surface area contributed by atoms with Gasteiger partial charge in [0.2, 0.25) is 0 Å². The summed E-state index contributed by atoms with van der Waals surface area (Å²) >= 11 is 3.33. The van der Waals surface area contributed by atoms with Crippen LogP contribution in [0.2, 0.25) is 0 Å². The lowest BCUT2D eigenvalue weighted by atomic mass is 9.87. The molecule has 0 aliphatic carbocycles. The lowest BCUT2D eigenvalue weighted by molar-refractivity contribution is -0.122. The van der Waals surface area contributed by atoms with Crippen LogP contribution < -0.4 is 15.6 Å². The zero-order chi connectivity index (χ0) is 18.8. The first-order valence-corrected chi connectivity index (χ1v) is 9.15. The number of hydrogen-bond donors (Lipinski definition) is 2. The molecule has 0 aromatic heterocycles. The highest BCUT2D eigenvalue weighted by atomic mass is 79.9. The lowest BCUT2D eigenvalue weighted by Crippen LogP contribution is -2.44. The van der Waals surface area contributed by atoms with Crippen molar-refractivity contribution in [2.45, 2.75) is 5.92 Å². The van der Waals surface area contributed by atoms with Gasteiger partial charge in [-0.05, 0) is 40.2 Å². The summed E-state index contributed by atoms with van der Waals surface area (Å²) in [5.74, 6) is -0.0457. The Hall–Kier alpha value is -3.12. The maximum atomic E-state index is 13.0. The van der Waals surface area contributed by atoms with Crippen molar-refractivity contribution in [3.05, 3.63) is 94.0 Å². The van der Waals surface area contributed by atoms with Gasteiger partial charge in [-0.15, -0.1) is 0 Å². The molecule has 0 fully saturated rings. The molecule has 5 nitrogen and oxygen atoms in total. The number of amides is 2. The molecular formula is C21H15BrN2O3. The van der Waals surface area contributed by atoms with Gasteiger partial charge in [0.15, 0.2) is 0 Å². The predicted molar refractivity (Wildman–Crippen MR) is 105 cm³/mol. The molecule has 1 aliphatic rings. The summed E-state index contributed by atoms with van der Waals surface area (Å²) in [5, 5.41) is 0. The van der Waals surface area contributed by atoms with Gasteiger partial charge in [0.25, 0.3) is 11.8 Å². The first kappa shape index (κ1) is 17.3. The third-order valence-electron chi connectivity index (χ3n) is 4.36. The summed E-state index contributed by atoms with van der Waals surface area (Å²) in [4.78, 5) is 25.3. The fourth-order valence-corrected chi connectivity index (χ4v) is 3.56. The Kier molecular flexibility index (Phi) is 4.64. The molecule has 2 amide bonds. The highest BCUT2D eigenvalue weighted by Gasteiger charge is 2.32. The van der Waals surface area contributed by atoms with Gasteiger partial charge < -0.3 is 4.74 Å². The molecule has 27 heavy (non-hydrogen) atoms. The van der Waals surface area contributed by atoms with E-state index in [1.165, 1.54) is 0 Å². The van der Waals surface area contributed by atoms with Gasteiger partial charge in [0, 0.05) is 15.6 Å². The van der Waals surface area contributed by atoms with Gasteiger partial charge in [0.05, 0.1) is 11.5 Å². The van der Waals surface area contributed by atoms with Crippen LogP contribution in [0.25, 0.3) is 0 Å². The van der Waals surface area contributed by atoms with Crippen molar-refractivity contribution < 1.29 is 14.3 Å². The van der Waals surface area contributed by atoms with E-state index in [-0.39, 0.29) is 5.91 Å². The Labute approximate surface area is 164 Å². The van der Waals surface area contributed by atoms with E-state index in [4.69, 9.17) is 4.74 Å². The fraction of sp³-hybridized carbons (Fsp3) is 0.0476. The Balaban J connectivity index is 1.59. The van der Waals surface area contributed by atoms with Gasteiger partial charge in [-0.3, -0.25) is 20.4 Å². The molecule has 0 saturated carbocycles. The molecule has 6 heteroatoms. The first-order valence-electron chi connectivity index (χ1n) is 8.35. The number of ether oxygens (including phenoxy) is 1. The van der Waals surface area contributed by atoms with Crippen molar-refractivity contribution in [3.63, 3.8) is 0 Å². The second-order valence-electron chi connectivity index (χ2n) is 6.03. The average Bonchev–Trinajstić information content (AvgIpc) is 2.70. The molecule has 0 unspecified atom stereocenters. The van der Waals surface area contributed by atoms with Crippen molar-refractivity contribution in [2.24, 2.45) is 0 Å². The van der Waals surface area contributed by atoms with Gasteiger partial charge in [-0.1, -0.05) is 48.5 Å². The van der Waals surface area contributed by atoms with E-state index in [1.807, 2.05) is 54.6 Å². The molecular weight excluding hydrogens is 408 g/mol. The minimum absolute atomic E-state index is 0.335. The summed E-state index contributed by atoms with van der Waals surface area (Å²) < 4.78 is 6.55. The minimum Gasteiger partial charge on any atom is -0.457 e. The number of carbonyl (C=O) groups excluding carboxylic acids is 2. The molecule has 0 radical (unpaired) electrons. The summed E-state index contributed by atoms with van der Waals surface area (Å²) in [6.45, 7) is 0. The summed E-state index contributed by atoms with van der Waals surface area (Å²) in [6, 6.07) is 21.8. The maximum Gasteiger partial charge on any atom is 0.270 e. The van der Waals surface area contributed by atoms with Crippen LogP contribution in [0.3, 0.4) is 0 Å². The van der Waals surface area contributed by atoms with E-state index in [1.54, 1.807) is 18.2 Å². The SMILES string of the molecule is O=C(NNC(=O)C1c2ccccc2Oc2ccccc21)c1ccccc1Br. The smallest absolute Gasteiger partial charge is 0.270 e. The van der Waals surface area contributed by atoms with Crippen LogP contribution in [0.1, 0.15) is 27.4 Å². The van der Waals surface area contributed by atoms with Gasteiger partial charge in [0.1, 0.15) is 11.5 Å². The lowest BCUT2D eigenvalue weighted by Gasteiger charge is -2.27. The molecule has 134 valence electrons. The normalized spacial score (nSPS) is 12.3. The highest BCUT2D eigenvalue weighted by molar-refractivity contribution is 9.10. The Morgan fingerprint density at radius 2 is 1.33 bits per heavy atom. The van der Waals surface area contributed by atoms with Crippen LogP contribution in [-0.4, -0.2) is 11.8 Å². The number of hydrazine groups is 1. The zero-order valence-electron chi connectivity index (χ0n) is 14.1. The van der Waals surface area contributed by atoms with Crippen LogP contribution in [0.5, 0.6) is 11.5 Å². The molecule has 0 spiro atoms. The number of benzene rings is 3. The molecule has 1 aliphatic heterocycles. The quantitative estimate of drug-likeness (QED) is 0.609. The molecule has 0 atom stereocenters. The van der Waals surface area contributed by atoms with E-state index in [2.05, 4.69) is 26.8 Å². The second kappa shape index (κ2) is 7.25. The number of nitrogens with one attached hydrogen (secondary N) is 2. The van der Waals surface area contributed by atoms with Gasteiger partial charge in [-0.25, -0.2) is 0 Å². The van der Waals surface area contributed by atoms with Crippen molar-refractivity contribution >= 4 is 27.7 Å². The van der Waals surface area contributed by atoms with Crippen LogP contribution in [0.4, 0.5) is 0 Å². The maximum absolute atomic E-state index is 13.0. The average molecular weight is 423 g/mol. The molecule has 2 N–H and O–H groups in total. The topological polar surface area (TPSA) is 67.4 Å². The summed E-state index contributed by atoms with van der Waals surface area (Å²) in [6.07, 6.45) is 0. The first-order chi connectivity index (χ1) is 13.1. The molecule has 0 bridgehead atoms. The van der Waals surface area contributed by atoms with Crippen LogP contribution >= 0.6 is 15.9 Å². The van der Waals surface area contributed by atoms with Crippen LogP contribution in [0, 0.1) is 0 Å². The molecule has 4 rings (SSSR count). The summed E-state index contributed by atoms with van der Waals surface area (Å²) in [7, 11) is 0. The van der Waals surface area contributed by atoms with Gasteiger partial charge in [-0.2, -0.15) is 0 Å². The number of para-hydroxylation sites is 2. The highest BCUT2D eigenvalue weighted by Crippen LogP contribution is 2.43.